The maximum Gasteiger partial charge on any atom is 0.343 e. The van der Waals surface area contributed by atoms with E-state index in [0.717, 1.165) is 13.0 Å². The Bertz CT molecular complexity index is 470. The number of aromatic nitrogens is 2. The molecule has 0 amide bonds. The molecular formula is C13H21N3O3. The Balaban J connectivity index is 1.97. The fourth-order valence-corrected chi connectivity index (χ4v) is 2.68. The van der Waals surface area contributed by atoms with Gasteiger partial charge in [-0.15, -0.1) is 0 Å². The molecular weight excluding hydrogens is 246 g/mol. The Morgan fingerprint density at radius 1 is 1.53 bits per heavy atom. The number of nitrogens with zero attached hydrogens (tertiary/aromatic N) is 3. The van der Waals surface area contributed by atoms with Crippen molar-refractivity contribution in [1.82, 2.24) is 14.7 Å². The number of hydrogen-bond donors (Lipinski definition) is 1. The van der Waals surface area contributed by atoms with E-state index < -0.39 is 5.97 Å². The molecule has 1 saturated heterocycles. The molecule has 0 saturated carbocycles. The molecule has 1 aliphatic rings. The smallest absolute Gasteiger partial charge is 0.343 e. The number of aromatic carboxylic acids is 1. The summed E-state index contributed by atoms with van der Waals surface area (Å²) in [6.45, 7) is 3.34. The van der Waals surface area contributed by atoms with Crippen LogP contribution in [-0.2, 0) is 7.05 Å². The first-order valence-corrected chi connectivity index (χ1v) is 6.60. The molecule has 2 rings (SSSR count). The van der Waals surface area contributed by atoms with E-state index in [1.807, 2.05) is 0 Å². The first-order valence-electron chi connectivity index (χ1n) is 6.60. The van der Waals surface area contributed by atoms with E-state index in [4.69, 9.17) is 4.74 Å². The van der Waals surface area contributed by atoms with E-state index in [-0.39, 0.29) is 5.56 Å². The summed E-state index contributed by atoms with van der Waals surface area (Å²) in [5.41, 5.74) is 0.658. The zero-order chi connectivity index (χ0) is 14.0. The van der Waals surface area contributed by atoms with Gasteiger partial charge in [0.2, 0.25) is 5.88 Å². The molecule has 0 radical (unpaired) electrons. The number of hydrogen-bond acceptors (Lipinski definition) is 4. The van der Waals surface area contributed by atoms with E-state index in [1.54, 1.807) is 14.0 Å². The van der Waals surface area contributed by atoms with E-state index in [1.165, 1.54) is 17.5 Å². The molecule has 106 valence electrons. The molecule has 0 spiro atoms. The summed E-state index contributed by atoms with van der Waals surface area (Å²) in [5, 5.41) is 13.3. The summed E-state index contributed by atoms with van der Waals surface area (Å²) in [7, 11) is 3.82. The lowest BCUT2D eigenvalue weighted by Gasteiger charge is -2.19. The van der Waals surface area contributed by atoms with Gasteiger partial charge in [-0.1, -0.05) is 0 Å². The molecule has 19 heavy (non-hydrogen) atoms. The molecule has 1 fully saturated rings. The van der Waals surface area contributed by atoms with Gasteiger partial charge >= 0.3 is 5.97 Å². The molecule has 6 nitrogen and oxygen atoms in total. The van der Waals surface area contributed by atoms with Crippen molar-refractivity contribution in [2.75, 3.05) is 20.2 Å². The third-order valence-electron chi connectivity index (χ3n) is 3.74. The second kappa shape index (κ2) is 5.61. The average molecular weight is 267 g/mol. The highest BCUT2D eigenvalue weighted by atomic mass is 16.5. The number of rotatable bonds is 5. The van der Waals surface area contributed by atoms with Crippen molar-refractivity contribution < 1.29 is 14.6 Å². The first kappa shape index (κ1) is 13.9. The van der Waals surface area contributed by atoms with Crippen LogP contribution in [-0.4, -0.2) is 52.0 Å². The van der Waals surface area contributed by atoms with Crippen molar-refractivity contribution in [3.63, 3.8) is 0 Å². The van der Waals surface area contributed by atoms with E-state index >= 15 is 0 Å². The number of carbonyl (C=O) groups is 1. The van der Waals surface area contributed by atoms with Gasteiger partial charge in [0.25, 0.3) is 0 Å². The van der Waals surface area contributed by atoms with E-state index in [2.05, 4.69) is 17.0 Å². The third-order valence-corrected chi connectivity index (χ3v) is 3.74. The number of likely N-dealkylation sites (tertiary alicyclic amines) is 1. The van der Waals surface area contributed by atoms with Gasteiger partial charge < -0.3 is 14.7 Å². The standard InChI is InChI=1S/C13H21N3O3/c1-9-11(13(17)18)12(16(3)14-9)19-8-6-10-5-4-7-15(10)2/h10H,4-8H2,1-3H3,(H,17,18). The summed E-state index contributed by atoms with van der Waals surface area (Å²) in [5.74, 6) is -0.635. The van der Waals surface area contributed by atoms with Crippen LogP contribution >= 0.6 is 0 Å². The van der Waals surface area contributed by atoms with Crippen LogP contribution in [0.25, 0.3) is 0 Å². The van der Waals surface area contributed by atoms with Crippen LogP contribution in [0, 0.1) is 6.92 Å². The zero-order valence-corrected chi connectivity index (χ0v) is 11.7. The minimum Gasteiger partial charge on any atom is -0.477 e. The van der Waals surface area contributed by atoms with Crippen LogP contribution in [0.3, 0.4) is 0 Å². The van der Waals surface area contributed by atoms with Gasteiger partial charge in [0.15, 0.2) is 0 Å². The van der Waals surface area contributed by atoms with Crippen molar-refractivity contribution in [2.45, 2.75) is 32.2 Å². The predicted molar refractivity (Wildman–Crippen MR) is 70.7 cm³/mol. The minimum absolute atomic E-state index is 0.169. The maximum atomic E-state index is 11.2. The van der Waals surface area contributed by atoms with Crippen molar-refractivity contribution in [1.29, 1.82) is 0 Å². The normalized spacial score (nSPS) is 19.8. The third kappa shape index (κ3) is 2.89. The Morgan fingerprint density at radius 2 is 2.26 bits per heavy atom. The van der Waals surface area contributed by atoms with E-state index in [9.17, 15) is 9.90 Å². The molecule has 1 aliphatic heterocycles. The van der Waals surface area contributed by atoms with Gasteiger partial charge in [-0.25, -0.2) is 9.48 Å². The second-order valence-corrected chi connectivity index (χ2v) is 5.11. The topological polar surface area (TPSA) is 67.6 Å². The summed E-state index contributed by atoms with van der Waals surface area (Å²) in [4.78, 5) is 13.5. The SMILES string of the molecule is Cc1nn(C)c(OCCC2CCCN2C)c1C(=O)O. The van der Waals surface area contributed by atoms with Gasteiger partial charge in [-0.3, -0.25) is 0 Å². The summed E-state index contributed by atoms with van der Waals surface area (Å²) >= 11 is 0. The molecule has 2 heterocycles. The molecule has 1 atom stereocenters. The second-order valence-electron chi connectivity index (χ2n) is 5.11. The summed E-state index contributed by atoms with van der Waals surface area (Å²) in [6, 6.07) is 0.544. The van der Waals surface area contributed by atoms with Crippen molar-refractivity contribution in [2.24, 2.45) is 7.05 Å². The lowest BCUT2D eigenvalue weighted by molar-refractivity contribution is 0.0690. The van der Waals surface area contributed by atoms with Crippen LogP contribution in [0.1, 0.15) is 35.3 Å². The molecule has 0 aliphatic carbocycles. The monoisotopic (exact) mass is 267 g/mol. The number of carboxylic acid groups (broad SMARTS) is 1. The fraction of sp³-hybridized carbons (Fsp3) is 0.692. The van der Waals surface area contributed by atoms with Gasteiger partial charge in [0.1, 0.15) is 5.56 Å². The van der Waals surface area contributed by atoms with Crippen LogP contribution in [0.5, 0.6) is 5.88 Å². The van der Waals surface area contributed by atoms with Gasteiger partial charge in [-0.2, -0.15) is 5.10 Å². The molecule has 1 N–H and O–H groups in total. The molecule has 1 aromatic heterocycles. The van der Waals surface area contributed by atoms with Crippen molar-refractivity contribution in [3.8, 4) is 5.88 Å². The molecule has 1 unspecified atom stereocenters. The Hall–Kier alpha value is -1.56. The van der Waals surface area contributed by atoms with Crippen LogP contribution in [0.4, 0.5) is 0 Å². The molecule has 6 heteroatoms. The minimum atomic E-state index is -0.987. The number of carboxylic acids is 1. The van der Waals surface area contributed by atoms with E-state index in [0.29, 0.717) is 24.2 Å². The lowest BCUT2D eigenvalue weighted by atomic mass is 10.1. The van der Waals surface area contributed by atoms with Gasteiger partial charge in [0, 0.05) is 13.1 Å². The van der Waals surface area contributed by atoms with Crippen LogP contribution in [0.15, 0.2) is 0 Å². The zero-order valence-electron chi connectivity index (χ0n) is 11.7. The maximum absolute atomic E-state index is 11.2. The van der Waals surface area contributed by atoms with Crippen molar-refractivity contribution in [3.05, 3.63) is 11.3 Å². The van der Waals surface area contributed by atoms with Gasteiger partial charge in [-0.05, 0) is 39.8 Å². The highest BCUT2D eigenvalue weighted by Crippen LogP contribution is 2.23. The largest absolute Gasteiger partial charge is 0.477 e. The summed E-state index contributed by atoms with van der Waals surface area (Å²) < 4.78 is 7.15. The molecule has 0 bridgehead atoms. The predicted octanol–water partition coefficient (Wildman–Crippen LogP) is 1.29. The van der Waals surface area contributed by atoms with Crippen LogP contribution < -0.4 is 4.74 Å². The lowest BCUT2D eigenvalue weighted by Crippen LogP contribution is -2.26. The van der Waals surface area contributed by atoms with Crippen LogP contribution in [0.2, 0.25) is 0 Å². The molecule has 1 aromatic rings. The Morgan fingerprint density at radius 3 is 2.84 bits per heavy atom. The van der Waals surface area contributed by atoms with Crippen molar-refractivity contribution >= 4 is 5.97 Å². The molecule has 0 aromatic carbocycles. The number of aryl methyl sites for hydroxylation is 2. The number of ether oxygens (including phenoxy) is 1. The first-order chi connectivity index (χ1) is 9.00. The average Bonchev–Trinajstić information content (AvgIpc) is 2.84. The van der Waals surface area contributed by atoms with Gasteiger partial charge in [0.05, 0.1) is 12.3 Å². The Kier molecular flexibility index (Phi) is 4.09. The highest BCUT2D eigenvalue weighted by Gasteiger charge is 2.23. The summed E-state index contributed by atoms with van der Waals surface area (Å²) in [6.07, 6.45) is 3.34. The highest BCUT2D eigenvalue weighted by molar-refractivity contribution is 5.91. The quantitative estimate of drug-likeness (QED) is 0.870. The fourth-order valence-electron chi connectivity index (χ4n) is 2.68. The Labute approximate surface area is 113 Å².